The highest BCUT2D eigenvalue weighted by Gasteiger charge is 2.31. The lowest BCUT2D eigenvalue weighted by Crippen LogP contribution is -2.36. The Kier molecular flexibility index (Phi) is 10.4. The molecular weight excluding hydrogens is 324 g/mol. The molecule has 0 unspecified atom stereocenters. The molecule has 0 aliphatic carbocycles. The van der Waals surface area contributed by atoms with Crippen LogP contribution in [-0.2, 0) is 20.9 Å². The zero-order valence-electron chi connectivity index (χ0n) is 16.5. The number of cyclic esters (lactones) is 1. The summed E-state index contributed by atoms with van der Waals surface area (Å²) in [5.41, 5.74) is 1.20. The molecule has 3 nitrogen and oxygen atoms in total. The van der Waals surface area contributed by atoms with Crippen molar-refractivity contribution in [2.75, 3.05) is 0 Å². The van der Waals surface area contributed by atoms with E-state index in [1.54, 1.807) is 0 Å². The maximum Gasteiger partial charge on any atom is 0.309 e. The van der Waals surface area contributed by atoms with Crippen LogP contribution < -0.4 is 0 Å². The molecular formula is C23H36O3. The van der Waals surface area contributed by atoms with Gasteiger partial charge in [0.2, 0.25) is 0 Å². The van der Waals surface area contributed by atoms with Gasteiger partial charge in [-0.3, -0.25) is 4.79 Å². The molecule has 1 aliphatic heterocycles. The molecule has 2 rings (SSSR count). The Labute approximate surface area is 159 Å². The number of carbonyl (C=O) groups is 1. The van der Waals surface area contributed by atoms with Gasteiger partial charge < -0.3 is 9.47 Å². The molecule has 0 radical (unpaired) electrons. The molecule has 1 saturated heterocycles. The number of ether oxygens (including phenoxy) is 2. The highest BCUT2D eigenvalue weighted by Crippen LogP contribution is 2.23. The first-order chi connectivity index (χ1) is 12.8. The van der Waals surface area contributed by atoms with Gasteiger partial charge in [0.1, 0.15) is 6.10 Å². The van der Waals surface area contributed by atoms with Gasteiger partial charge in [0.05, 0.1) is 19.1 Å². The number of esters is 1. The average molecular weight is 361 g/mol. The van der Waals surface area contributed by atoms with Crippen LogP contribution in [0.25, 0.3) is 0 Å². The molecule has 146 valence electrons. The van der Waals surface area contributed by atoms with Crippen LogP contribution in [0, 0.1) is 0 Å². The summed E-state index contributed by atoms with van der Waals surface area (Å²) in [7, 11) is 0. The van der Waals surface area contributed by atoms with Crippen LogP contribution in [0.5, 0.6) is 0 Å². The zero-order chi connectivity index (χ0) is 18.5. The number of hydrogen-bond acceptors (Lipinski definition) is 3. The van der Waals surface area contributed by atoms with Crippen LogP contribution >= 0.6 is 0 Å². The quantitative estimate of drug-likeness (QED) is 0.276. The summed E-state index contributed by atoms with van der Waals surface area (Å²) in [6.07, 6.45) is 14.8. The van der Waals surface area contributed by atoms with E-state index in [1.807, 2.05) is 18.2 Å². The fourth-order valence-corrected chi connectivity index (χ4v) is 3.53. The Bertz CT molecular complexity index is 477. The van der Waals surface area contributed by atoms with E-state index in [4.69, 9.17) is 9.47 Å². The molecule has 3 heteroatoms. The number of hydrogen-bond donors (Lipinski definition) is 0. The third kappa shape index (κ3) is 8.84. The van der Waals surface area contributed by atoms with Gasteiger partial charge in [0.25, 0.3) is 0 Å². The van der Waals surface area contributed by atoms with Crippen molar-refractivity contribution in [2.24, 2.45) is 0 Å². The van der Waals surface area contributed by atoms with Gasteiger partial charge in [-0.1, -0.05) is 95.0 Å². The van der Waals surface area contributed by atoms with Crippen molar-refractivity contribution in [3.8, 4) is 0 Å². The number of benzene rings is 1. The maximum absolute atomic E-state index is 11.0. The Morgan fingerprint density at radius 3 is 2.23 bits per heavy atom. The Morgan fingerprint density at radius 1 is 1.00 bits per heavy atom. The highest BCUT2D eigenvalue weighted by atomic mass is 16.6. The molecule has 0 aromatic heterocycles. The minimum atomic E-state index is -0.0696. The topological polar surface area (TPSA) is 35.5 Å². The first-order valence-electron chi connectivity index (χ1n) is 10.6. The highest BCUT2D eigenvalue weighted by molar-refractivity contribution is 5.75. The smallest absolute Gasteiger partial charge is 0.309 e. The van der Waals surface area contributed by atoms with E-state index in [0.717, 1.165) is 12.8 Å². The molecule has 0 bridgehead atoms. The van der Waals surface area contributed by atoms with Crippen molar-refractivity contribution in [2.45, 2.75) is 103 Å². The summed E-state index contributed by atoms with van der Waals surface area (Å²) in [5.74, 6) is -0.0696. The van der Waals surface area contributed by atoms with Gasteiger partial charge in [0, 0.05) is 6.42 Å². The van der Waals surface area contributed by atoms with Gasteiger partial charge in [0.15, 0.2) is 0 Å². The van der Waals surface area contributed by atoms with Crippen molar-refractivity contribution in [1.82, 2.24) is 0 Å². The van der Waals surface area contributed by atoms with E-state index < -0.39 is 0 Å². The van der Waals surface area contributed by atoms with Crippen LogP contribution in [-0.4, -0.2) is 18.2 Å². The van der Waals surface area contributed by atoms with Crippen molar-refractivity contribution in [3.05, 3.63) is 35.9 Å². The van der Waals surface area contributed by atoms with Gasteiger partial charge in [-0.2, -0.15) is 0 Å². The molecule has 0 N–H and O–H groups in total. The van der Waals surface area contributed by atoms with E-state index in [2.05, 4.69) is 19.1 Å². The number of carbonyl (C=O) groups excluding carboxylic acids is 1. The molecule has 26 heavy (non-hydrogen) atoms. The van der Waals surface area contributed by atoms with Crippen LogP contribution in [0.15, 0.2) is 30.3 Å². The van der Waals surface area contributed by atoms with Gasteiger partial charge in [-0.25, -0.2) is 0 Å². The molecule has 1 aliphatic rings. The SMILES string of the molecule is CCCCCCCCCCC[C@H](C[C@H]1CC(=O)O1)OCc1ccccc1. The van der Waals surface area contributed by atoms with E-state index >= 15 is 0 Å². The lowest BCUT2D eigenvalue weighted by Gasteiger charge is -2.29. The summed E-state index contributed by atoms with van der Waals surface area (Å²) in [6.45, 7) is 2.91. The zero-order valence-corrected chi connectivity index (χ0v) is 16.5. The number of rotatable bonds is 15. The molecule has 0 amide bonds. The summed E-state index contributed by atoms with van der Waals surface area (Å²) < 4.78 is 11.3. The first-order valence-corrected chi connectivity index (χ1v) is 10.6. The third-order valence-corrected chi connectivity index (χ3v) is 5.18. The molecule has 1 fully saturated rings. The Morgan fingerprint density at radius 2 is 1.62 bits per heavy atom. The van der Waals surface area contributed by atoms with Crippen LogP contribution in [0.2, 0.25) is 0 Å². The Hall–Kier alpha value is -1.35. The lowest BCUT2D eigenvalue weighted by atomic mass is 9.99. The molecule has 0 spiro atoms. The molecule has 1 heterocycles. The van der Waals surface area contributed by atoms with E-state index in [1.165, 1.54) is 63.4 Å². The first kappa shape index (κ1) is 21.0. The second-order valence-corrected chi connectivity index (χ2v) is 7.59. The lowest BCUT2D eigenvalue weighted by molar-refractivity contribution is -0.173. The van der Waals surface area contributed by atoms with Crippen LogP contribution in [0.4, 0.5) is 0 Å². The van der Waals surface area contributed by atoms with Gasteiger partial charge >= 0.3 is 5.97 Å². The van der Waals surface area contributed by atoms with Crippen molar-refractivity contribution >= 4 is 5.97 Å². The normalized spacial score (nSPS) is 17.6. The molecule has 2 atom stereocenters. The fraction of sp³-hybridized carbons (Fsp3) is 0.696. The summed E-state index contributed by atoms with van der Waals surface area (Å²) in [6, 6.07) is 10.3. The second kappa shape index (κ2) is 12.9. The van der Waals surface area contributed by atoms with Crippen molar-refractivity contribution in [1.29, 1.82) is 0 Å². The minimum Gasteiger partial charge on any atom is -0.462 e. The number of unbranched alkanes of at least 4 members (excludes halogenated alkanes) is 8. The van der Waals surface area contributed by atoms with Gasteiger partial charge in [-0.15, -0.1) is 0 Å². The van der Waals surface area contributed by atoms with Crippen LogP contribution in [0.3, 0.4) is 0 Å². The predicted molar refractivity (Wildman–Crippen MR) is 106 cm³/mol. The summed E-state index contributed by atoms with van der Waals surface area (Å²) in [4.78, 5) is 11.0. The summed E-state index contributed by atoms with van der Waals surface area (Å²) in [5, 5.41) is 0. The minimum absolute atomic E-state index is 0.0696. The third-order valence-electron chi connectivity index (χ3n) is 5.18. The monoisotopic (exact) mass is 360 g/mol. The van der Waals surface area contributed by atoms with Gasteiger partial charge in [-0.05, 0) is 12.0 Å². The Balaban J connectivity index is 1.59. The molecule has 0 saturated carbocycles. The van der Waals surface area contributed by atoms with Crippen LogP contribution in [0.1, 0.15) is 89.5 Å². The predicted octanol–water partition coefficient (Wildman–Crippen LogP) is 6.20. The second-order valence-electron chi connectivity index (χ2n) is 7.59. The molecule has 1 aromatic carbocycles. The summed E-state index contributed by atoms with van der Waals surface area (Å²) >= 11 is 0. The average Bonchev–Trinajstić information content (AvgIpc) is 2.64. The van der Waals surface area contributed by atoms with E-state index in [0.29, 0.717) is 13.0 Å². The van der Waals surface area contributed by atoms with E-state index in [-0.39, 0.29) is 18.2 Å². The fourth-order valence-electron chi connectivity index (χ4n) is 3.53. The van der Waals surface area contributed by atoms with Crippen molar-refractivity contribution < 1.29 is 14.3 Å². The molecule has 1 aromatic rings. The standard InChI is InChI=1S/C23H36O3/c1-2-3-4-5-6-7-8-9-13-16-21(17-22-18-23(24)26-22)25-19-20-14-11-10-12-15-20/h10-12,14-15,21-22H,2-9,13,16-19H2,1H3/t21-,22+/m1/s1. The maximum atomic E-state index is 11.0. The van der Waals surface area contributed by atoms with E-state index in [9.17, 15) is 4.79 Å². The largest absolute Gasteiger partial charge is 0.462 e. The van der Waals surface area contributed by atoms with Crippen molar-refractivity contribution in [3.63, 3.8) is 0 Å².